The molecule has 0 aliphatic rings. The molecule has 2 N–H and O–H groups in total. The number of alkyl carbamates (subject to hydrolysis) is 2. The largest absolute Gasteiger partial charge is 0.467 e. The summed E-state index contributed by atoms with van der Waals surface area (Å²) in [6.45, 7) is 17.5. The van der Waals surface area contributed by atoms with Gasteiger partial charge in [-0.25, -0.2) is 9.59 Å². The molecule has 0 aliphatic heterocycles. The van der Waals surface area contributed by atoms with Gasteiger partial charge in [0.2, 0.25) is 0 Å². The van der Waals surface area contributed by atoms with Crippen molar-refractivity contribution in [2.24, 2.45) is 14.1 Å². The van der Waals surface area contributed by atoms with E-state index in [1.165, 1.54) is 75.2 Å². The molecule has 16 heteroatoms. The third-order valence-electron chi connectivity index (χ3n) is 11.3. The molecule has 0 radical (unpaired) electrons. The number of amides is 2. The van der Waals surface area contributed by atoms with E-state index in [-0.39, 0.29) is 17.5 Å². The number of ether oxygens (including phenoxy) is 4. The van der Waals surface area contributed by atoms with Gasteiger partial charge < -0.3 is 23.9 Å². The fraction of sp³-hybridized carbons (Fsp3) is 0.519. The first kappa shape index (κ1) is 61.2. The third-order valence-corrected chi connectivity index (χ3v) is 27.6. The summed E-state index contributed by atoms with van der Waals surface area (Å²) in [5.41, 5.74) is 1.81. The smallest absolute Gasteiger partial charge is 0.408 e. The zero-order valence-electron chi connectivity index (χ0n) is 43.9. The molecule has 70 heavy (non-hydrogen) atoms. The average Bonchev–Trinajstić information content (AvgIpc) is 3.30. The monoisotopic (exact) mass is 1140 g/mol. The van der Waals surface area contributed by atoms with Crippen molar-refractivity contribution in [2.45, 2.75) is 150 Å². The van der Waals surface area contributed by atoms with Gasteiger partial charge in [-0.05, 0) is 72.1 Å². The quantitative estimate of drug-likeness (QED) is 0.0523. The summed E-state index contributed by atoms with van der Waals surface area (Å²) in [5, 5.41) is 5.23. The maximum absolute atomic E-state index is 12.3. The van der Waals surface area contributed by atoms with E-state index < -0.39 is 65.8 Å². The zero-order chi connectivity index (χ0) is 52.7. The van der Waals surface area contributed by atoms with Crippen molar-refractivity contribution in [3.05, 3.63) is 121 Å². The Morgan fingerprint density at radius 1 is 0.600 bits per heavy atom. The number of nitrogens with one attached hydrogen (secondary N) is 2. The molecule has 4 rings (SSSR count). The van der Waals surface area contributed by atoms with Gasteiger partial charge in [0, 0.05) is 38.5 Å². The Morgan fingerprint density at radius 3 is 1.34 bits per heavy atom. The van der Waals surface area contributed by atoms with Crippen molar-refractivity contribution in [2.75, 3.05) is 14.2 Å². The molecule has 2 amide bonds. The normalized spacial score (nSPS) is 12.1. The van der Waals surface area contributed by atoms with Gasteiger partial charge in [-0.2, -0.15) is 0 Å². The molecular formula is C54H79BrN4O10Sn. The van der Waals surface area contributed by atoms with Crippen LogP contribution in [0.5, 0.6) is 0 Å². The van der Waals surface area contributed by atoms with Crippen LogP contribution in [0.2, 0.25) is 13.3 Å². The van der Waals surface area contributed by atoms with Crippen molar-refractivity contribution >= 4 is 62.0 Å². The summed E-state index contributed by atoms with van der Waals surface area (Å²) in [6.07, 6.45) is 10.5. The molecule has 0 aliphatic carbocycles. The van der Waals surface area contributed by atoms with Crippen LogP contribution < -0.4 is 25.3 Å². The van der Waals surface area contributed by atoms with Crippen molar-refractivity contribution in [1.29, 1.82) is 0 Å². The number of benzene rings is 2. The molecule has 2 aromatic carbocycles. The predicted molar refractivity (Wildman–Crippen MR) is 285 cm³/mol. The number of rotatable bonds is 19. The second-order valence-electron chi connectivity index (χ2n) is 19.4. The van der Waals surface area contributed by atoms with Crippen LogP contribution in [0.4, 0.5) is 9.59 Å². The van der Waals surface area contributed by atoms with E-state index in [4.69, 9.17) is 18.9 Å². The van der Waals surface area contributed by atoms with Gasteiger partial charge in [-0.15, -0.1) is 0 Å². The molecule has 0 saturated heterocycles. The minimum absolute atomic E-state index is 0.00231. The molecular weight excluding hydrogens is 1060 g/mol. The molecule has 2 atom stereocenters. The molecule has 4 aromatic rings. The Morgan fingerprint density at radius 2 is 0.986 bits per heavy atom. The number of aryl methyl sites for hydroxylation is 2. The maximum atomic E-state index is 12.3. The molecule has 2 aromatic heterocycles. The van der Waals surface area contributed by atoms with E-state index in [9.17, 15) is 28.8 Å². The standard InChI is InChI=1S/C21H26N2O5.C15H20NO4.C6H6BrNO.3C4H9.Sn/c1-21(2,3)28-20(26)22-17(19(25)27-5)13-14-8-10-15(11-9-14)16-7-6-12-23(4)18(16)24;1-15(2,3)20-14(18)16-12(13(17)19-4)10-11-8-6-5-7-9-11;1-8-4-2-3-5(7)6(8)9;3*1-3-4-2;/h6-12,17H,13H2,1-5H3,(H,22,26);6-9,12H,10H2,1-4H3,(H,16,18);2-4H,1H3;3*1,3-4H2,2H3;. The van der Waals surface area contributed by atoms with E-state index in [1.807, 2.05) is 36.4 Å². The van der Waals surface area contributed by atoms with Crippen molar-refractivity contribution in [3.8, 4) is 11.1 Å². The third kappa shape index (κ3) is 21.6. The fourth-order valence-electron chi connectivity index (χ4n) is 7.59. The topological polar surface area (TPSA) is 173 Å². The molecule has 0 fully saturated rings. The summed E-state index contributed by atoms with van der Waals surface area (Å²) in [5.74, 6) is -1.03. The minimum atomic E-state index is -2.47. The number of halogens is 1. The Balaban J connectivity index is 0.000000409. The van der Waals surface area contributed by atoms with Crippen LogP contribution in [0.15, 0.2) is 99.3 Å². The molecule has 2 heterocycles. The number of pyridine rings is 2. The Bertz CT molecular complexity index is 2330. The van der Waals surface area contributed by atoms with Crippen molar-refractivity contribution < 1.29 is 38.1 Å². The van der Waals surface area contributed by atoms with E-state index >= 15 is 0 Å². The number of carbonyl (C=O) groups excluding carboxylic acids is 4. The van der Waals surface area contributed by atoms with Gasteiger partial charge in [0.25, 0.3) is 11.1 Å². The van der Waals surface area contributed by atoms with Crippen LogP contribution >= 0.6 is 15.9 Å². The molecule has 0 saturated carbocycles. The molecule has 0 bridgehead atoms. The first-order valence-corrected chi connectivity index (χ1v) is 32.5. The zero-order valence-corrected chi connectivity index (χ0v) is 48.3. The van der Waals surface area contributed by atoms with Crippen LogP contribution in [0.3, 0.4) is 0 Å². The Kier molecular flexibility index (Phi) is 26.3. The number of aromatic nitrogens is 2. The predicted octanol–water partition coefficient (Wildman–Crippen LogP) is 10.2. The number of hydrogen-bond acceptors (Lipinski definition) is 10. The second-order valence-corrected chi connectivity index (χ2v) is 33.5. The number of hydrogen-bond donors (Lipinski definition) is 2. The van der Waals surface area contributed by atoms with E-state index in [0.717, 1.165) is 16.7 Å². The first-order valence-electron chi connectivity index (χ1n) is 24.2. The van der Waals surface area contributed by atoms with Gasteiger partial charge in [-0.1, -0.05) is 24.3 Å². The Hall–Kier alpha value is -4.90. The number of carbonyl (C=O) groups is 4. The summed E-state index contributed by atoms with van der Waals surface area (Å²) >= 11 is 0.641. The number of esters is 2. The number of methoxy groups -OCH3 is 2. The van der Waals surface area contributed by atoms with E-state index in [2.05, 4.69) is 71.6 Å². The van der Waals surface area contributed by atoms with E-state index in [1.54, 1.807) is 83.7 Å². The van der Waals surface area contributed by atoms with Crippen LogP contribution in [-0.4, -0.2) is 89.1 Å². The summed E-state index contributed by atoms with van der Waals surface area (Å²) < 4.78 is 29.8. The average molecular weight is 1140 g/mol. The molecule has 2 unspecified atom stereocenters. The summed E-state index contributed by atoms with van der Waals surface area (Å²) in [7, 11) is 6.02. The van der Waals surface area contributed by atoms with Gasteiger partial charge in [-0.3, -0.25) is 9.59 Å². The summed E-state index contributed by atoms with van der Waals surface area (Å²) in [4.78, 5) is 71.7. The van der Waals surface area contributed by atoms with Gasteiger partial charge in [0.1, 0.15) is 11.6 Å². The van der Waals surface area contributed by atoms with Gasteiger partial charge in [0.15, 0.2) is 0 Å². The number of nitrogens with zero attached hydrogens (tertiary/aromatic N) is 2. The molecule has 0 spiro atoms. The second kappa shape index (κ2) is 30.1. The number of unbranched alkanes of at least 4 members (excludes halogenated alkanes) is 3. The van der Waals surface area contributed by atoms with Crippen molar-refractivity contribution in [3.63, 3.8) is 0 Å². The van der Waals surface area contributed by atoms with Crippen LogP contribution in [-0.2, 0) is 55.5 Å². The fourth-order valence-corrected chi connectivity index (χ4v) is 24.0. The Labute approximate surface area is 428 Å². The molecule has 14 nitrogen and oxygen atoms in total. The SMILES string of the molecule is CCC[CH2][Sn]([CH2]CCC)([CH2]CCC)[c]1ccc(CC(NC(=O)OC(C)(C)C)C(=O)OC)cc1.COC(=O)C(Cc1ccc(-c2cccn(C)c2=O)cc1)NC(=O)OC(C)(C)C.Cn1cccc(Br)c1=O. The van der Waals surface area contributed by atoms with Gasteiger partial charge in [0.05, 0.1) is 11.6 Å². The van der Waals surface area contributed by atoms with Crippen molar-refractivity contribution in [1.82, 2.24) is 19.8 Å². The first-order chi connectivity index (χ1) is 32.9. The van der Waals surface area contributed by atoms with Crippen LogP contribution in [0, 0.1) is 0 Å². The summed E-state index contributed by atoms with van der Waals surface area (Å²) in [6, 6.07) is 21.7. The maximum Gasteiger partial charge on any atom is 0.408 e. The molecule has 386 valence electrons. The van der Waals surface area contributed by atoms with Crippen LogP contribution in [0.25, 0.3) is 11.1 Å². The van der Waals surface area contributed by atoms with Crippen LogP contribution in [0.1, 0.15) is 112 Å². The minimum Gasteiger partial charge on any atom is -0.467 e. The van der Waals surface area contributed by atoms with Gasteiger partial charge >= 0.3 is 219 Å². The van der Waals surface area contributed by atoms with E-state index in [0.29, 0.717) is 16.5 Å².